The van der Waals surface area contributed by atoms with Gasteiger partial charge in [-0.25, -0.2) is 4.98 Å². The van der Waals surface area contributed by atoms with E-state index in [0.29, 0.717) is 13.1 Å². The molecule has 5 nitrogen and oxygen atoms in total. The number of carbonyl (C=O) groups is 1. The lowest BCUT2D eigenvalue weighted by atomic mass is 9.90. The minimum atomic E-state index is -0.257. The number of nitrogens with zero attached hydrogens (tertiary/aromatic N) is 4. The Bertz CT molecular complexity index is 843. The summed E-state index contributed by atoms with van der Waals surface area (Å²) in [5, 5.41) is 0. The zero-order valence-corrected chi connectivity index (χ0v) is 15.5. The molecule has 1 aromatic heterocycles. The predicted molar refractivity (Wildman–Crippen MR) is 107 cm³/mol. The van der Waals surface area contributed by atoms with Crippen LogP contribution in [0.2, 0.25) is 0 Å². The van der Waals surface area contributed by atoms with E-state index in [1.54, 1.807) is 0 Å². The lowest BCUT2D eigenvalue weighted by Gasteiger charge is -2.37. The van der Waals surface area contributed by atoms with Crippen molar-refractivity contribution >= 4 is 11.9 Å². The molecule has 2 heterocycles. The summed E-state index contributed by atoms with van der Waals surface area (Å²) in [4.78, 5) is 22.1. The molecule has 5 heteroatoms. The van der Waals surface area contributed by atoms with Gasteiger partial charge >= 0.3 is 0 Å². The van der Waals surface area contributed by atoms with Crippen molar-refractivity contribution in [3.63, 3.8) is 0 Å². The van der Waals surface area contributed by atoms with Crippen LogP contribution in [0.5, 0.6) is 0 Å². The smallest absolute Gasteiger partial charge is 0.234 e. The molecule has 1 aliphatic heterocycles. The van der Waals surface area contributed by atoms with Crippen LogP contribution < -0.4 is 4.90 Å². The van der Waals surface area contributed by atoms with Crippen LogP contribution in [0.15, 0.2) is 73.1 Å². The molecule has 0 unspecified atom stereocenters. The molecular formula is C22H24N4O. The standard InChI is InChI=1S/C22H24N4O/c1-24-13-12-23-22(24)26-16-14-25(15-17-26)21(27)20(18-8-4-2-5-9-18)19-10-6-3-7-11-19/h2-13,20H,14-17H2,1H3. The van der Waals surface area contributed by atoms with Crippen LogP contribution in [-0.2, 0) is 11.8 Å². The largest absolute Gasteiger partial charge is 0.339 e. The van der Waals surface area contributed by atoms with Crippen molar-refractivity contribution in [3.8, 4) is 0 Å². The van der Waals surface area contributed by atoms with E-state index in [0.717, 1.165) is 30.2 Å². The number of amides is 1. The fourth-order valence-corrected chi connectivity index (χ4v) is 3.74. The molecule has 1 aliphatic rings. The van der Waals surface area contributed by atoms with Crippen molar-refractivity contribution in [2.24, 2.45) is 7.05 Å². The second-order valence-electron chi connectivity index (χ2n) is 6.90. The number of benzene rings is 2. The van der Waals surface area contributed by atoms with E-state index in [4.69, 9.17) is 0 Å². The summed E-state index contributed by atoms with van der Waals surface area (Å²) in [6, 6.07) is 20.1. The molecule has 3 aromatic rings. The molecule has 1 fully saturated rings. The van der Waals surface area contributed by atoms with E-state index >= 15 is 0 Å². The highest BCUT2D eigenvalue weighted by molar-refractivity contribution is 5.87. The molecule has 1 saturated heterocycles. The summed E-state index contributed by atoms with van der Waals surface area (Å²) < 4.78 is 2.02. The lowest BCUT2D eigenvalue weighted by Crippen LogP contribution is -2.50. The highest BCUT2D eigenvalue weighted by Crippen LogP contribution is 2.27. The lowest BCUT2D eigenvalue weighted by molar-refractivity contribution is -0.132. The van der Waals surface area contributed by atoms with Crippen LogP contribution >= 0.6 is 0 Å². The number of aryl methyl sites for hydroxylation is 1. The number of carbonyl (C=O) groups excluding carboxylic acids is 1. The summed E-state index contributed by atoms with van der Waals surface area (Å²) in [7, 11) is 2.00. The van der Waals surface area contributed by atoms with Gasteiger partial charge in [0.2, 0.25) is 11.9 Å². The number of aromatic nitrogens is 2. The van der Waals surface area contributed by atoms with Gasteiger partial charge in [0.1, 0.15) is 0 Å². The Hall–Kier alpha value is -3.08. The van der Waals surface area contributed by atoms with E-state index < -0.39 is 0 Å². The number of anilines is 1. The second-order valence-corrected chi connectivity index (χ2v) is 6.90. The van der Waals surface area contributed by atoms with Gasteiger partial charge in [0, 0.05) is 45.6 Å². The molecule has 27 heavy (non-hydrogen) atoms. The topological polar surface area (TPSA) is 41.4 Å². The Morgan fingerprint density at radius 2 is 1.44 bits per heavy atom. The first-order valence-corrected chi connectivity index (χ1v) is 9.35. The highest BCUT2D eigenvalue weighted by Gasteiger charge is 2.30. The average Bonchev–Trinajstić information content (AvgIpc) is 3.16. The van der Waals surface area contributed by atoms with Crippen molar-refractivity contribution in [2.75, 3.05) is 31.1 Å². The minimum Gasteiger partial charge on any atom is -0.339 e. The van der Waals surface area contributed by atoms with Crippen LogP contribution in [0.25, 0.3) is 0 Å². The first kappa shape index (κ1) is 17.3. The van der Waals surface area contributed by atoms with E-state index in [1.165, 1.54) is 0 Å². The molecule has 0 atom stereocenters. The van der Waals surface area contributed by atoms with Gasteiger partial charge in [0.05, 0.1) is 5.92 Å². The third-order valence-electron chi connectivity index (χ3n) is 5.18. The van der Waals surface area contributed by atoms with Gasteiger partial charge in [-0.15, -0.1) is 0 Å². The summed E-state index contributed by atoms with van der Waals surface area (Å²) in [6.07, 6.45) is 3.77. The fourth-order valence-electron chi connectivity index (χ4n) is 3.74. The molecule has 0 radical (unpaired) electrons. The molecule has 0 saturated carbocycles. The predicted octanol–water partition coefficient (Wildman–Crippen LogP) is 2.90. The summed E-state index contributed by atoms with van der Waals surface area (Å²) >= 11 is 0. The van der Waals surface area contributed by atoms with Crippen molar-refractivity contribution in [1.82, 2.24) is 14.5 Å². The zero-order valence-electron chi connectivity index (χ0n) is 15.5. The molecule has 0 aliphatic carbocycles. The number of piperazine rings is 1. The van der Waals surface area contributed by atoms with Gasteiger partial charge in [-0.1, -0.05) is 60.7 Å². The third-order valence-corrected chi connectivity index (χ3v) is 5.18. The Morgan fingerprint density at radius 1 is 0.889 bits per heavy atom. The molecule has 0 N–H and O–H groups in total. The summed E-state index contributed by atoms with van der Waals surface area (Å²) in [5.74, 6) is 0.878. The average molecular weight is 360 g/mol. The highest BCUT2D eigenvalue weighted by atomic mass is 16.2. The number of hydrogen-bond donors (Lipinski definition) is 0. The normalized spacial score (nSPS) is 14.6. The molecule has 2 aromatic carbocycles. The van der Waals surface area contributed by atoms with Crippen LogP contribution in [0.1, 0.15) is 17.0 Å². The van der Waals surface area contributed by atoms with Crippen molar-refractivity contribution in [1.29, 1.82) is 0 Å². The maximum Gasteiger partial charge on any atom is 0.234 e. The van der Waals surface area contributed by atoms with Crippen molar-refractivity contribution in [3.05, 3.63) is 84.2 Å². The molecule has 4 rings (SSSR count). The van der Waals surface area contributed by atoms with E-state index in [1.807, 2.05) is 89.6 Å². The summed E-state index contributed by atoms with van der Waals surface area (Å²) in [6.45, 7) is 3.02. The number of imidazole rings is 1. The Morgan fingerprint density at radius 3 is 1.93 bits per heavy atom. The van der Waals surface area contributed by atoms with Gasteiger partial charge in [-0.2, -0.15) is 0 Å². The van der Waals surface area contributed by atoms with Crippen LogP contribution in [-0.4, -0.2) is 46.5 Å². The molecule has 0 spiro atoms. The van der Waals surface area contributed by atoms with Gasteiger partial charge < -0.3 is 14.4 Å². The van der Waals surface area contributed by atoms with Gasteiger partial charge in [-0.3, -0.25) is 4.79 Å². The van der Waals surface area contributed by atoms with Crippen molar-refractivity contribution in [2.45, 2.75) is 5.92 Å². The Labute approximate surface area is 159 Å². The second kappa shape index (κ2) is 7.66. The van der Waals surface area contributed by atoms with Crippen LogP contribution in [0.4, 0.5) is 5.95 Å². The summed E-state index contributed by atoms with van der Waals surface area (Å²) in [5.41, 5.74) is 2.08. The van der Waals surface area contributed by atoms with Gasteiger partial charge in [-0.05, 0) is 11.1 Å². The van der Waals surface area contributed by atoms with E-state index in [-0.39, 0.29) is 11.8 Å². The van der Waals surface area contributed by atoms with Gasteiger partial charge in [0.15, 0.2) is 0 Å². The van der Waals surface area contributed by atoms with E-state index in [9.17, 15) is 4.79 Å². The van der Waals surface area contributed by atoms with Crippen LogP contribution in [0, 0.1) is 0 Å². The van der Waals surface area contributed by atoms with Gasteiger partial charge in [0.25, 0.3) is 0 Å². The van der Waals surface area contributed by atoms with E-state index in [2.05, 4.69) is 9.88 Å². The SMILES string of the molecule is Cn1ccnc1N1CCN(C(=O)C(c2ccccc2)c2ccccc2)CC1. The third kappa shape index (κ3) is 3.58. The monoisotopic (exact) mass is 360 g/mol. The number of hydrogen-bond acceptors (Lipinski definition) is 3. The Balaban J connectivity index is 1.54. The molecule has 1 amide bonds. The maximum atomic E-state index is 13.4. The molecule has 138 valence electrons. The minimum absolute atomic E-state index is 0.173. The van der Waals surface area contributed by atoms with Crippen LogP contribution in [0.3, 0.4) is 0 Å². The first-order chi connectivity index (χ1) is 13.2. The van der Waals surface area contributed by atoms with Crippen molar-refractivity contribution < 1.29 is 4.79 Å². The number of rotatable bonds is 4. The maximum absolute atomic E-state index is 13.4. The first-order valence-electron chi connectivity index (χ1n) is 9.35. The Kier molecular flexibility index (Phi) is 4.92. The molecular weight excluding hydrogens is 336 g/mol. The zero-order chi connectivity index (χ0) is 18.6. The molecule has 0 bridgehead atoms. The fraction of sp³-hybridized carbons (Fsp3) is 0.273. The quantitative estimate of drug-likeness (QED) is 0.718.